The summed E-state index contributed by atoms with van der Waals surface area (Å²) in [6, 6.07) is 6.62. The number of phenolic OH excluding ortho intramolecular Hbond substituents is 3. The lowest BCUT2D eigenvalue weighted by molar-refractivity contribution is -0.116. The third kappa shape index (κ3) is 3.48. The van der Waals surface area contributed by atoms with E-state index in [9.17, 15) is 35.7 Å². The van der Waals surface area contributed by atoms with Crippen LogP contribution in [0.25, 0.3) is 0 Å². The van der Waals surface area contributed by atoms with E-state index in [0.717, 1.165) is 0 Å². The molecule has 2 aromatic rings. The molecule has 0 unspecified atom stereocenters. The molecule has 10 heteroatoms. The molecule has 4 rings (SSSR count). The van der Waals surface area contributed by atoms with Gasteiger partial charge in [0.2, 0.25) is 6.29 Å². The number of aromatic hydroxyl groups is 3. The van der Waals surface area contributed by atoms with Gasteiger partial charge in [-0.2, -0.15) is 0 Å². The third-order valence-electron chi connectivity index (χ3n) is 5.32. The highest BCUT2D eigenvalue weighted by Crippen LogP contribution is 2.44. The van der Waals surface area contributed by atoms with Crippen LogP contribution in [0.5, 0.6) is 28.7 Å². The average molecular weight is 422 g/mol. The summed E-state index contributed by atoms with van der Waals surface area (Å²) in [6.45, 7) is -1.07. The number of phenols is 3. The fraction of sp³-hybridized carbons (Fsp3) is 0.400. The minimum atomic E-state index is -1.87. The molecule has 2 heterocycles. The lowest BCUT2D eigenvalue weighted by Crippen LogP contribution is -2.48. The molecule has 2 aliphatic heterocycles. The molecule has 0 aromatic heterocycles. The summed E-state index contributed by atoms with van der Waals surface area (Å²) in [5.74, 6) is -0.606. The van der Waals surface area contributed by atoms with Crippen molar-refractivity contribution in [3.05, 3.63) is 41.5 Å². The van der Waals surface area contributed by atoms with Crippen LogP contribution >= 0.6 is 0 Å². The molecule has 1 saturated heterocycles. The summed E-state index contributed by atoms with van der Waals surface area (Å²) in [7, 11) is 0. The minimum Gasteiger partial charge on any atom is -0.508 e. The molecule has 10 nitrogen and oxygen atoms in total. The first-order chi connectivity index (χ1) is 14.2. The molecular formula is C20H22O10. The normalized spacial score (nSPS) is 30.5. The van der Waals surface area contributed by atoms with Gasteiger partial charge in [-0.25, -0.2) is 0 Å². The number of benzene rings is 2. The van der Waals surface area contributed by atoms with E-state index in [0.29, 0.717) is 11.1 Å². The van der Waals surface area contributed by atoms with Gasteiger partial charge in [0.25, 0.3) is 0 Å². The van der Waals surface area contributed by atoms with E-state index in [1.54, 1.807) is 0 Å². The smallest absolute Gasteiger partial charge is 0.229 e. The van der Waals surface area contributed by atoms with E-state index < -0.39 is 36.8 Å². The Bertz CT molecular complexity index is 947. The third-order valence-corrected chi connectivity index (χ3v) is 5.32. The number of aliphatic hydroxyl groups excluding tert-OH is 3. The van der Waals surface area contributed by atoms with Gasteiger partial charge in [0, 0.05) is 24.1 Å². The molecular weight excluding hydrogens is 400 g/mol. The highest BCUT2D eigenvalue weighted by molar-refractivity contribution is 5.53. The quantitative estimate of drug-likeness (QED) is 0.324. The van der Waals surface area contributed by atoms with E-state index in [1.807, 2.05) is 0 Å². The lowest BCUT2D eigenvalue weighted by Gasteiger charge is -2.32. The molecule has 0 amide bonds. The molecule has 1 fully saturated rings. The molecule has 0 radical (unpaired) electrons. The van der Waals surface area contributed by atoms with E-state index in [4.69, 9.17) is 14.2 Å². The molecule has 0 bridgehead atoms. The SMILES string of the molecule is OC[C@@]1(O)CO[C@@H](Oc2cc(O)cc3c2C[C@@H](O)[C@@H](c2ccc(O)c(O)c2)O3)[C@@H]1O. The molecule has 162 valence electrons. The summed E-state index contributed by atoms with van der Waals surface area (Å²) in [5, 5.41) is 69.4. The Hall–Kier alpha value is -2.76. The number of fused-ring (bicyclic) bond motifs is 1. The van der Waals surface area contributed by atoms with Crippen molar-refractivity contribution in [2.75, 3.05) is 13.2 Å². The number of hydrogen-bond acceptors (Lipinski definition) is 10. The van der Waals surface area contributed by atoms with Crippen LogP contribution in [-0.4, -0.2) is 73.1 Å². The number of hydrogen-bond donors (Lipinski definition) is 7. The van der Waals surface area contributed by atoms with Gasteiger partial charge < -0.3 is 50.0 Å². The number of ether oxygens (including phenoxy) is 3. The number of aliphatic hydroxyl groups is 4. The van der Waals surface area contributed by atoms with Crippen LogP contribution in [0.4, 0.5) is 0 Å². The van der Waals surface area contributed by atoms with E-state index >= 15 is 0 Å². The second kappa shape index (κ2) is 7.49. The first-order valence-corrected chi connectivity index (χ1v) is 9.24. The predicted molar refractivity (Wildman–Crippen MR) is 99.4 cm³/mol. The zero-order chi connectivity index (χ0) is 21.6. The summed E-state index contributed by atoms with van der Waals surface area (Å²) < 4.78 is 16.7. The Morgan fingerprint density at radius 1 is 1.07 bits per heavy atom. The van der Waals surface area contributed by atoms with Crippen molar-refractivity contribution in [3.63, 3.8) is 0 Å². The van der Waals surface area contributed by atoms with Gasteiger partial charge in [0.05, 0.1) is 19.3 Å². The highest BCUT2D eigenvalue weighted by atomic mass is 16.7. The van der Waals surface area contributed by atoms with Crippen molar-refractivity contribution in [2.24, 2.45) is 0 Å². The monoisotopic (exact) mass is 422 g/mol. The summed E-state index contributed by atoms with van der Waals surface area (Å²) >= 11 is 0. The highest BCUT2D eigenvalue weighted by Gasteiger charge is 2.49. The van der Waals surface area contributed by atoms with Gasteiger partial charge in [0.15, 0.2) is 11.5 Å². The fourth-order valence-electron chi connectivity index (χ4n) is 3.58. The first-order valence-electron chi connectivity index (χ1n) is 9.24. The van der Waals surface area contributed by atoms with Crippen LogP contribution in [0.3, 0.4) is 0 Å². The van der Waals surface area contributed by atoms with Crippen molar-refractivity contribution in [1.82, 2.24) is 0 Å². The zero-order valence-corrected chi connectivity index (χ0v) is 15.7. The molecule has 0 saturated carbocycles. The molecule has 0 aliphatic carbocycles. The summed E-state index contributed by atoms with van der Waals surface area (Å²) in [4.78, 5) is 0. The lowest BCUT2D eigenvalue weighted by atomic mass is 9.93. The fourth-order valence-corrected chi connectivity index (χ4v) is 3.58. The maximum atomic E-state index is 10.6. The molecule has 7 N–H and O–H groups in total. The Labute approximate surface area is 170 Å². The van der Waals surface area contributed by atoms with Gasteiger partial charge in [-0.3, -0.25) is 0 Å². The predicted octanol–water partition coefficient (Wildman–Crippen LogP) is -0.340. The van der Waals surface area contributed by atoms with Crippen molar-refractivity contribution < 1.29 is 50.0 Å². The van der Waals surface area contributed by atoms with Gasteiger partial charge in [0.1, 0.15) is 35.1 Å². The zero-order valence-electron chi connectivity index (χ0n) is 15.7. The van der Waals surface area contributed by atoms with Crippen molar-refractivity contribution in [1.29, 1.82) is 0 Å². The van der Waals surface area contributed by atoms with Gasteiger partial charge in [-0.1, -0.05) is 6.07 Å². The number of rotatable bonds is 4. The van der Waals surface area contributed by atoms with Crippen molar-refractivity contribution in [3.8, 4) is 28.7 Å². The Morgan fingerprint density at radius 2 is 1.83 bits per heavy atom. The van der Waals surface area contributed by atoms with Gasteiger partial charge >= 0.3 is 0 Å². The van der Waals surface area contributed by atoms with Crippen molar-refractivity contribution >= 4 is 0 Å². The van der Waals surface area contributed by atoms with Gasteiger partial charge in [-0.15, -0.1) is 0 Å². The van der Waals surface area contributed by atoms with Crippen LogP contribution in [0, 0.1) is 0 Å². The summed E-state index contributed by atoms with van der Waals surface area (Å²) in [6.07, 6.45) is -4.74. The average Bonchev–Trinajstić information content (AvgIpc) is 2.99. The Kier molecular flexibility index (Phi) is 5.12. The maximum Gasteiger partial charge on any atom is 0.229 e. The van der Waals surface area contributed by atoms with Crippen molar-refractivity contribution in [2.45, 2.75) is 36.6 Å². The molecule has 5 atom stereocenters. The van der Waals surface area contributed by atoms with Crippen LogP contribution < -0.4 is 9.47 Å². The molecule has 30 heavy (non-hydrogen) atoms. The Morgan fingerprint density at radius 3 is 2.50 bits per heavy atom. The van der Waals surface area contributed by atoms with Crippen LogP contribution in [0.1, 0.15) is 17.2 Å². The molecule has 2 aromatic carbocycles. The van der Waals surface area contributed by atoms with E-state index in [2.05, 4.69) is 0 Å². The second-order valence-corrected chi connectivity index (χ2v) is 7.48. The van der Waals surface area contributed by atoms with Crippen LogP contribution in [0.2, 0.25) is 0 Å². The molecule has 2 aliphatic rings. The standard InChI is InChI=1S/C20H22O10/c21-7-20(27)8-28-19(18(20)26)30-16-5-10(22)4-15-11(16)6-14(25)17(29-15)9-1-2-12(23)13(24)3-9/h1-5,14,17-19,21-27H,6-8H2/t14-,17-,18+,19+,20-/m1/s1. The summed E-state index contributed by atoms with van der Waals surface area (Å²) in [5.41, 5.74) is -1.06. The van der Waals surface area contributed by atoms with Gasteiger partial charge in [-0.05, 0) is 17.7 Å². The maximum absolute atomic E-state index is 10.6. The largest absolute Gasteiger partial charge is 0.508 e. The second-order valence-electron chi connectivity index (χ2n) is 7.48. The van der Waals surface area contributed by atoms with Crippen LogP contribution in [0.15, 0.2) is 30.3 Å². The van der Waals surface area contributed by atoms with E-state index in [-0.39, 0.29) is 41.8 Å². The Balaban J connectivity index is 1.62. The minimum absolute atomic E-state index is 0.0460. The molecule has 0 spiro atoms. The first kappa shape index (κ1) is 20.5. The van der Waals surface area contributed by atoms with Crippen LogP contribution in [-0.2, 0) is 11.2 Å². The topological polar surface area (TPSA) is 169 Å². The van der Waals surface area contributed by atoms with E-state index in [1.165, 1.54) is 30.3 Å².